The van der Waals surface area contributed by atoms with Gasteiger partial charge in [-0.1, -0.05) is 6.92 Å². The van der Waals surface area contributed by atoms with E-state index in [-0.39, 0.29) is 29.5 Å². The van der Waals surface area contributed by atoms with Crippen LogP contribution < -0.4 is 0 Å². The lowest BCUT2D eigenvalue weighted by atomic mass is 9.99. The molecule has 1 aromatic heterocycles. The number of amides is 1. The zero-order valence-corrected chi connectivity index (χ0v) is 11.2. The predicted octanol–water partition coefficient (Wildman–Crippen LogP) is 0.855. The van der Waals surface area contributed by atoms with Crippen LogP contribution in [0.2, 0.25) is 0 Å². The molecule has 0 bridgehead atoms. The highest BCUT2D eigenvalue weighted by Crippen LogP contribution is 2.36. The molecule has 21 heavy (non-hydrogen) atoms. The molecular formula is C11H12N4O6. The smallest absolute Gasteiger partial charge is 0.416 e. The second-order valence-electron chi connectivity index (χ2n) is 3.99. The SMILES string of the molecule is CCC1=C(C(=O)O)C(c2cnno2)N(C(=O)O)C(OC)=N1. The number of rotatable bonds is 3. The number of allylic oxidation sites excluding steroid dienone is 1. The topological polar surface area (TPSA) is 138 Å². The van der Waals surface area contributed by atoms with Gasteiger partial charge in [0.1, 0.15) is 6.04 Å². The lowest BCUT2D eigenvalue weighted by molar-refractivity contribution is -0.133. The molecule has 0 aliphatic carbocycles. The second-order valence-corrected chi connectivity index (χ2v) is 3.99. The molecule has 2 N–H and O–H groups in total. The zero-order valence-electron chi connectivity index (χ0n) is 11.2. The van der Waals surface area contributed by atoms with Crippen LogP contribution in [0.1, 0.15) is 25.1 Å². The average molecular weight is 296 g/mol. The van der Waals surface area contributed by atoms with E-state index in [0.717, 1.165) is 6.20 Å². The van der Waals surface area contributed by atoms with Gasteiger partial charge in [-0.3, -0.25) is 0 Å². The van der Waals surface area contributed by atoms with Crippen LogP contribution in [0.25, 0.3) is 0 Å². The van der Waals surface area contributed by atoms with E-state index in [4.69, 9.17) is 9.26 Å². The summed E-state index contributed by atoms with van der Waals surface area (Å²) in [6.45, 7) is 1.70. The molecule has 2 rings (SSSR count). The normalized spacial score (nSPS) is 18.5. The number of amidine groups is 1. The van der Waals surface area contributed by atoms with Gasteiger partial charge in [-0.15, -0.1) is 5.10 Å². The Kier molecular flexibility index (Phi) is 3.87. The number of hydrogen-bond acceptors (Lipinski definition) is 7. The summed E-state index contributed by atoms with van der Waals surface area (Å²) < 4.78 is 9.78. The highest BCUT2D eigenvalue weighted by Gasteiger charge is 2.43. The van der Waals surface area contributed by atoms with Crippen LogP contribution in [-0.4, -0.2) is 50.7 Å². The first-order valence-electron chi connectivity index (χ1n) is 5.89. The Bertz CT molecular complexity index is 621. The fourth-order valence-corrected chi connectivity index (χ4v) is 2.04. The molecule has 0 saturated carbocycles. The van der Waals surface area contributed by atoms with Gasteiger partial charge in [-0.05, 0) is 6.42 Å². The van der Waals surface area contributed by atoms with Crippen molar-refractivity contribution in [2.75, 3.05) is 7.11 Å². The van der Waals surface area contributed by atoms with E-state index in [0.29, 0.717) is 4.90 Å². The van der Waals surface area contributed by atoms with Crippen LogP contribution in [0, 0.1) is 0 Å². The molecule has 0 saturated heterocycles. The van der Waals surface area contributed by atoms with E-state index in [9.17, 15) is 19.8 Å². The third-order valence-electron chi connectivity index (χ3n) is 2.88. The molecule has 112 valence electrons. The van der Waals surface area contributed by atoms with Gasteiger partial charge in [-0.25, -0.2) is 19.5 Å². The minimum Gasteiger partial charge on any atom is -0.478 e. The summed E-state index contributed by atoms with van der Waals surface area (Å²) in [5, 5.41) is 25.4. The molecule has 0 aromatic carbocycles. The lowest BCUT2D eigenvalue weighted by Crippen LogP contribution is -2.44. The molecule has 2 heterocycles. The van der Waals surface area contributed by atoms with Gasteiger partial charge in [0, 0.05) is 5.27 Å². The maximum Gasteiger partial charge on any atom is 0.416 e. The third-order valence-corrected chi connectivity index (χ3v) is 2.88. The number of aliphatic carboxylic acids is 1. The van der Waals surface area contributed by atoms with Gasteiger partial charge in [0.05, 0.1) is 24.6 Å². The highest BCUT2D eigenvalue weighted by atomic mass is 16.5. The molecule has 1 atom stereocenters. The van der Waals surface area contributed by atoms with Gasteiger partial charge < -0.3 is 19.5 Å². The molecule has 10 heteroatoms. The standard InChI is InChI=1S/C11H12N4O6/c1-3-5-7(9(16)17)8(6-4-12-14-21-6)15(11(18)19)10(13-5)20-2/h4,8H,3H2,1-2H3,(H,16,17)(H,18,19). The van der Waals surface area contributed by atoms with Crippen molar-refractivity contribution in [3.05, 3.63) is 23.2 Å². The number of aromatic nitrogens is 2. The Morgan fingerprint density at radius 3 is 2.62 bits per heavy atom. The first-order valence-corrected chi connectivity index (χ1v) is 5.89. The molecule has 1 aliphatic heterocycles. The van der Waals surface area contributed by atoms with Crippen LogP contribution in [0.15, 0.2) is 27.0 Å². The van der Waals surface area contributed by atoms with Crippen molar-refractivity contribution in [1.29, 1.82) is 0 Å². The molecule has 10 nitrogen and oxygen atoms in total. The summed E-state index contributed by atoms with van der Waals surface area (Å²) in [7, 11) is 1.24. The predicted molar refractivity (Wildman–Crippen MR) is 66.3 cm³/mol. The van der Waals surface area contributed by atoms with Crippen molar-refractivity contribution in [2.45, 2.75) is 19.4 Å². The average Bonchev–Trinajstić information content (AvgIpc) is 2.98. The summed E-state index contributed by atoms with van der Waals surface area (Å²) in [5.74, 6) is -1.34. The van der Waals surface area contributed by atoms with Crippen molar-refractivity contribution in [3.8, 4) is 0 Å². The van der Waals surface area contributed by atoms with Crippen molar-refractivity contribution >= 4 is 18.1 Å². The minimum atomic E-state index is -1.44. The van der Waals surface area contributed by atoms with Crippen molar-refractivity contribution in [1.82, 2.24) is 15.3 Å². The molecule has 0 fully saturated rings. The van der Waals surface area contributed by atoms with Gasteiger partial charge in [0.2, 0.25) is 0 Å². The van der Waals surface area contributed by atoms with Crippen LogP contribution in [-0.2, 0) is 9.53 Å². The number of aliphatic imine (C=N–C) groups is 1. The van der Waals surface area contributed by atoms with Crippen LogP contribution >= 0.6 is 0 Å². The number of carbonyl (C=O) groups is 2. The molecule has 0 radical (unpaired) electrons. The lowest BCUT2D eigenvalue weighted by Gasteiger charge is -2.31. The number of methoxy groups -OCH3 is 1. The fraction of sp³-hybridized carbons (Fsp3) is 0.364. The Hall–Kier alpha value is -2.91. The number of nitrogens with zero attached hydrogens (tertiary/aromatic N) is 4. The zero-order chi connectivity index (χ0) is 15.6. The number of carboxylic acids is 1. The summed E-state index contributed by atoms with van der Waals surface area (Å²) in [6.07, 6.45) is -0.0129. The minimum absolute atomic E-state index is 0.0369. The van der Waals surface area contributed by atoms with E-state index in [1.54, 1.807) is 6.92 Å². The summed E-state index contributed by atoms with van der Waals surface area (Å²) in [5.41, 5.74) is -0.0301. The van der Waals surface area contributed by atoms with Gasteiger partial charge in [0.15, 0.2) is 5.76 Å². The van der Waals surface area contributed by atoms with Gasteiger partial charge in [0.25, 0.3) is 0 Å². The first-order chi connectivity index (χ1) is 10.0. The van der Waals surface area contributed by atoms with E-state index >= 15 is 0 Å². The van der Waals surface area contributed by atoms with Crippen molar-refractivity contribution in [3.63, 3.8) is 0 Å². The molecule has 1 aromatic rings. The van der Waals surface area contributed by atoms with E-state index < -0.39 is 18.1 Å². The molecular weight excluding hydrogens is 284 g/mol. The molecule has 0 spiro atoms. The van der Waals surface area contributed by atoms with Crippen LogP contribution in [0.5, 0.6) is 0 Å². The van der Waals surface area contributed by atoms with E-state index in [2.05, 4.69) is 15.4 Å². The summed E-state index contributed by atoms with van der Waals surface area (Å²) >= 11 is 0. The summed E-state index contributed by atoms with van der Waals surface area (Å²) in [4.78, 5) is 27.6. The Labute approximate surface area is 118 Å². The second kappa shape index (κ2) is 5.61. The fourth-order valence-electron chi connectivity index (χ4n) is 2.04. The van der Waals surface area contributed by atoms with Crippen LogP contribution in [0.4, 0.5) is 4.79 Å². The maximum atomic E-state index is 11.5. The monoisotopic (exact) mass is 296 g/mol. The first kappa shape index (κ1) is 14.5. The molecule has 1 unspecified atom stereocenters. The van der Waals surface area contributed by atoms with Gasteiger partial charge >= 0.3 is 18.1 Å². The van der Waals surface area contributed by atoms with E-state index in [1.807, 2.05) is 0 Å². The van der Waals surface area contributed by atoms with Gasteiger partial charge in [-0.2, -0.15) is 0 Å². The number of carboxylic acid groups (broad SMARTS) is 2. The van der Waals surface area contributed by atoms with E-state index in [1.165, 1.54) is 7.11 Å². The van der Waals surface area contributed by atoms with Crippen molar-refractivity contribution < 1.29 is 29.1 Å². The Morgan fingerprint density at radius 1 is 1.48 bits per heavy atom. The highest BCUT2D eigenvalue weighted by molar-refractivity contribution is 5.98. The largest absolute Gasteiger partial charge is 0.478 e. The van der Waals surface area contributed by atoms with Crippen molar-refractivity contribution in [2.24, 2.45) is 4.99 Å². The summed E-state index contributed by atoms with van der Waals surface area (Å²) in [6, 6.07) is -1.51. The quantitative estimate of drug-likeness (QED) is 0.837. The van der Waals surface area contributed by atoms with Crippen LogP contribution in [0.3, 0.4) is 0 Å². The number of ether oxygens (including phenoxy) is 1. The third kappa shape index (κ3) is 2.42. The molecule has 1 amide bonds. The Morgan fingerprint density at radius 2 is 2.19 bits per heavy atom. The maximum absolute atomic E-state index is 11.5. The number of hydrogen-bond donors (Lipinski definition) is 2. The molecule has 1 aliphatic rings. The Balaban J connectivity index is 2.68.